The highest BCUT2D eigenvalue weighted by Gasteiger charge is 2.40. The van der Waals surface area contributed by atoms with E-state index in [1.54, 1.807) is 13.8 Å². The molecule has 0 saturated heterocycles. The van der Waals surface area contributed by atoms with E-state index in [1.165, 1.54) is 26.0 Å². The number of rotatable bonds is 5. The molecular formula is C12H18B2BrFO5. The Bertz CT molecular complexity index is 519. The van der Waals surface area contributed by atoms with E-state index < -0.39 is 31.3 Å². The van der Waals surface area contributed by atoms with Crippen molar-refractivity contribution in [1.82, 2.24) is 0 Å². The smallest absolute Gasteiger partial charge is 0.423 e. The molecule has 116 valence electrons. The van der Waals surface area contributed by atoms with Crippen molar-refractivity contribution < 1.29 is 29.2 Å². The molecule has 9 heteroatoms. The fraction of sp³-hybridized carbons (Fsp3) is 0.500. The Morgan fingerprint density at radius 2 is 1.57 bits per heavy atom. The second kappa shape index (κ2) is 6.36. The molecule has 0 spiro atoms. The minimum Gasteiger partial charge on any atom is -0.423 e. The molecule has 0 atom stereocenters. The van der Waals surface area contributed by atoms with Crippen molar-refractivity contribution in [1.29, 1.82) is 0 Å². The quantitative estimate of drug-likeness (QED) is 0.531. The minimum atomic E-state index is -2.02. The Balaban J connectivity index is 3.17. The van der Waals surface area contributed by atoms with Gasteiger partial charge in [0.2, 0.25) is 0 Å². The average molecular weight is 363 g/mol. The summed E-state index contributed by atoms with van der Waals surface area (Å²) in [5.41, 5.74) is -3.09. The SMILES string of the molecule is CC(C)(O)C(C)(C)OB(O)c1cc(Br)cc(B(O)O)c1F. The van der Waals surface area contributed by atoms with Gasteiger partial charge < -0.3 is 24.8 Å². The highest BCUT2D eigenvalue weighted by atomic mass is 79.9. The Labute approximate surface area is 132 Å². The number of hydrogen-bond donors (Lipinski definition) is 4. The third-order valence-electron chi connectivity index (χ3n) is 3.52. The van der Waals surface area contributed by atoms with Crippen LogP contribution in [-0.2, 0) is 4.65 Å². The molecule has 0 saturated carbocycles. The molecule has 1 aromatic rings. The third-order valence-corrected chi connectivity index (χ3v) is 3.98. The van der Waals surface area contributed by atoms with E-state index in [4.69, 9.17) is 14.7 Å². The summed E-state index contributed by atoms with van der Waals surface area (Å²) >= 11 is 3.10. The Morgan fingerprint density at radius 1 is 1.10 bits per heavy atom. The molecule has 4 N–H and O–H groups in total. The molecule has 21 heavy (non-hydrogen) atoms. The van der Waals surface area contributed by atoms with Gasteiger partial charge in [-0.3, -0.25) is 0 Å². The zero-order valence-electron chi connectivity index (χ0n) is 12.3. The van der Waals surface area contributed by atoms with Gasteiger partial charge in [0.25, 0.3) is 0 Å². The average Bonchev–Trinajstić information content (AvgIpc) is 2.29. The van der Waals surface area contributed by atoms with E-state index >= 15 is 0 Å². The van der Waals surface area contributed by atoms with Gasteiger partial charge in [-0.05, 0) is 39.8 Å². The van der Waals surface area contributed by atoms with Gasteiger partial charge in [-0.1, -0.05) is 15.9 Å². The molecule has 0 heterocycles. The summed E-state index contributed by atoms with van der Waals surface area (Å²) in [6.45, 7) is 6.10. The van der Waals surface area contributed by atoms with Crippen LogP contribution in [0.25, 0.3) is 0 Å². The number of hydrogen-bond acceptors (Lipinski definition) is 5. The van der Waals surface area contributed by atoms with Crippen LogP contribution in [0.4, 0.5) is 4.39 Å². The predicted molar refractivity (Wildman–Crippen MR) is 83.0 cm³/mol. The van der Waals surface area contributed by atoms with Crippen LogP contribution in [0.3, 0.4) is 0 Å². The Hall–Kier alpha value is -0.440. The topological polar surface area (TPSA) is 90.2 Å². The molecule has 0 unspecified atom stereocenters. The minimum absolute atomic E-state index is 0.259. The lowest BCUT2D eigenvalue weighted by molar-refractivity contribution is -0.0983. The lowest BCUT2D eigenvalue weighted by atomic mass is 9.71. The summed E-state index contributed by atoms with van der Waals surface area (Å²) < 4.78 is 19.9. The van der Waals surface area contributed by atoms with Gasteiger partial charge in [0.1, 0.15) is 5.82 Å². The van der Waals surface area contributed by atoms with Crippen LogP contribution in [0.2, 0.25) is 0 Å². The molecule has 0 amide bonds. The summed E-state index contributed by atoms with van der Waals surface area (Å²) in [6.07, 6.45) is 0. The summed E-state index contributed by atoms with van der Waals surface area (Å²) in [5.74, 6) is -0.979. The zero-order valence-corrected chi connectivity index (χ0v) is 13.8. The summed E-state index contributed by atoms with van der Waals surface area (Å²) in [4.78, 5) is 0. The maximum atomic E-state index is 14.2. The molecule has 0 bridgehead atoms. The first-order valence-corrected chi connectivity index (χ1v) is 7.09. The van der Waals surface area contributed by atoms with Crippen LogP contribution in [0.1, 0.15) is 27.7 Å². The molecule has 0 aliphatic heterocycles. The summed E-state index contributed by atoms with van der Waals surface area (Å²) in [7, 11) is -3.70. The van der Waals surface area contributed by atoms with Crippen molar-refractivity contribution in [3.8, 4) is 0 Å². The first-order valence-electron chi connectivity index (χ1n) is 6.30. The normalized spacial score (nSPS) is 12.5. The molecule has 0 aromatic heterocycles. The zero-order chi connectivity index (χ0) is 16.6. The van der Waals surface area contributed by atoms with Crippen LogP contribution < -0.4 is 10.9 Å². The van der Waals surface area contributed by atoms with Crippen LogP contribution in [-0.4, -0.2) is 45.6 Å². The maximum Gasteiger partial charge on any atom is 0.494 e. The van der Waals surface area contributed by atoms with Crippen molar-refractivity contribution in [3.63, 3.8) is 0 Å². The van der Waals surface area contributed by atoms with Gasteiger partial charge >= 0.3 is 14.2 Å². The first kappa shape index (κ1) is 18.6. The standard InChI is InChI=1S/C12H18B2BrFO5/c1-11(2,17)12(3,4)21-14(20)9-6-7(15)5-8(10(9)16)13(18)19/h5-6,17-20H,1-4H3. The largest absolute Gasteiger partial charge is 0.494 e. The highest BCUT2D eigenvalue weighted by molar-refractivity contribution is 9.10. The fourth-order valence-corrected chi connectivity index (χ4v) is 1.98. The fourth-order valence-electron chi connectivity index (χ4n) is 1.49. The molecule has 1 aromatic carbocycles. The molecule has 5 nitrogen and oxygen atoms in total. The van der Waals surface area contributed by atoms with Crippen LogP contribution in [0.15, 0.2) is 16.6 Å². The third kappa shape index (κ3) is 4.28. The van der Waals surface area contributed by atoms with Crippen molar-refractivity contribution in [2.75, 3.05) is 0 Å². The highest BCUT2D eigenvalue weighted by Crippen LogP contribution is 2.25. The van der Waals surface area contributed by atoms with Gasteiger partial charge in [0.15, 0.2) is 0 Å². The molecule has 0 fully saturated rings. The van der Waals surface area contributed by atoms with Gasteiger partial charge in [-0.25, -0.2) is 4.39 Å². The van der Waals surface area contributed by atoms with Crippen molar-refractivity contribution in [2.45, 2.75) is 38.9 Å². The Morgan fingerprint density at radius 3 is 2.00 bits per heavy atom. The van der Waals surface area contributed by atoms with Crippen molar-refractivity contribution in [2.24, 2.45) is 0 Å². The second-order valence-electron chi connectivity index (χ2n) is 5.81. The van der Waals surface area contributed by atoms with E-state index in [-0.39, 0.29) is 10.9 Å². The van der Waals surface area contributed by atoms with E-state index in [0.717, 1.165) is 0 Å². The number of benzene rings is 1. The van der Waals surface area contributed by atoms with Crippen LogP contribution in [0, 0.1) is 5.82 Å². The van der Waals surface area contributed by atoms with Gasteiger partial charge in [0.05, 0.1) is 11.2 Å². The van der Waals surface area contributed by atoms with Gasteiger partial charge in [-0.2, -0.15) is 0 Å². The second-order valence-corrected chi connectivity index (χ2v) is 6.73. The lowest BCUT2D eigenvalue weighted by Crippen LogP contribution is -2.54. The van der Waals surface area contributed by atoms with Gasteiger partial charge in [-0.15, -0.1) is 0 Å². The molecule has 1 rings (SSSR count). The number of aliphatic hydroxyl groups is 1. The van der Waals surface area contributed by atoms with Crippen molar-refractivity contribution >= 4 is 41.1 Å². The van der Waals surface area contributed by atoms with Crippen LogP contribution >= 0.6 is 15.9 Å². The summed E-state index contributed by atoms with van der Waals surface area (Å²) in [5, 5.41) is 38.3. The first-order chi connectivity index (χ1) is 9.36. The Kier molecular flexibility index (Phi) is 5.63. The molecular weight excluding hydrogens is 345 g/mol. The van der Waals surface area contributed by atoms with E-state index in [1.807, 2.05) is 0 Å². The predicted octanol–water partition coefficient (Wildman–Crippen LogP) is -0.478. The monoisotopic (exact) mass is 362 g/mol. The summed E-state index contributed by atoms with van der Waals surface area (Å²) in [6, 6.07) is 2.46. The van der Waals surface area contributed by atoms with E-state index in [9.17, 15) is 14.5 Å². The lowest BCUT2D eigenvalue weighted by Gasteiger charge is -2.38. The molecule has 0 aliphatic rings. The van der Waals surface area contributed by atoms with Crippen LogP contribution in [0.5, 0.6) is 0 Å². The van der Waals surface area contributed by atoms with Crippen molar-refractivity contribution in [3.05, 3.63) is 22.4 Å². The molecule has 0 radical (unpaired) electrons. The van der Waals surface area contributed by atoms with E-state index in [0.29, 0.717) is 4.47 Å². The molecule has 0 aliphatic carbocycles. The number of halogens is 2. The van der Waals surface area contributed by atoms with E-state index in [2.05, 4.69) is 15.9 Å². The van der Waals surface area contributed by atoms with Gasteiger partial charge in [0, 0.05) is 15.4 Å². The maximum absolute atomic E-state index is 14.2.